The Morgan fingerprint density at radius 3 is 2.62 bits per heavy atom. The van der Waals surface area contributed by atoms with Crippen LogP contribution in [0.2, 0.25) is 0 Å². The van der Waals surface area contributed by atoms with Gasteiger partial charge in [-0.3, -0.25) is 0 Å². The summed E-state index contributed by atoms with van der Waals surface area (Å²) in [7, 11) is 1.86. The summed E-state index contributed by atoms with van der Waals surface area (Å²) in [5, 5.41) is 3.72. The monoisotopic (exact) mass is 296 g/mol. The third-order valence-electron chi connectivity index (χ3n) is 5.54. The van der Waals surface area contributed by atoms with Crippen LogP contribution in [0.1, 0.15) is 58.8 Å². The van der Waals surface area contributed by atoms with Crippen LogP contribution in [0.25, 0.3) is 0 Å². The van der Waals surface area contributed by atoms with E-state index in [-0.39, 0.29) is 0 Å². The van der Waals surface area contributed by atoms with E-state index in [0.717, 1.165) is 5.92 Å². The summed E-state index contributed by atoms with van der Waals surface area (Å²) in [5.41, 5.74) is 0.521. The average molecular weight is 296 g/mol. The summed E-state index contributed by atoms with van der Waals surface area (Å²) in [4.78, 5) is 2.71. The van der Waals surface area contributed by atoms with E-state index < -0.39 is 0 Å². The molecule has 0 aromatic carbocycles. The molecule has 2 aliphatic rings. The number of piperidine rings is 1. The topological polar surface area (TPSA) is 24.5 Å². The first-order valence-corrected chi connectivity index (χ1v) is 9.13. The summed E-state index contributed by atoms with van der Waals surface area (Å²) in [6.45, 7) is 10.8. The summed E-state index contributed by atoms with van der Waals surface area (Å²) < 4.78 is 5.51. The summed E-state index contributed by atoms with van der Waals surface area (Å²) in [5.74, 6) is 0.902. The molecule has 0 spiro atoms. The van der Waals surface area contributed by atoms with Crippen molar-refractivity contribution in [1.82, 2.24) is 10.2 Å². The van der Waals surface area contributed by atoms with Gasteiger partial charge in [-0.05, 0) is 50.0 Å². The van der Waals surface area contributed by atoms with Gasteiger partial charge in [0.1, 0.15) is 0 Å². The molecule has 1 N–H and O–H groups in total. The molecular weight excluding hydrogens is 260 g/mol. The molecule has 0 amide bonds. The van der Waals surface area contributed by atoms with E-state index in [1.54, 1.807) is 0 Å². The minimum absolute atomic E-state index is 0.501. The first-order chi connectivity index (χ1) is 10.2. The number of nitrogens with one attached hydrogen (secondary N) is 1. The third kappa shape index (κ3) is 5.22. The second-order valence-corrected chi connectivity index (χ2v) is 7.59. The van der Waals surface area contributed by atoms with Gasteiger partial charge < -0.3 is 15.0 Å². The molecule has 1 saturated heterocycles. The van der Waals surface area contributed by atoms with Gasteiger partial charge in [-0.1, -0.05) is 26.7 Å². The first-order valence-electron chi connectivity index (χ1n) is 9.13. The fourth-order valence-corrected chi connectivity index (χ4v) is 4.44. The Bertz CT molecular complexity index is 289. The molecule has 1 aliphatic carbocycles. The van der Waals surface area contributed by atoms with Gasteiger partial charge in [0.2, 0.25) is 0 Å². The van der Waals surface area contributed by atoms with Crippen molar-refractivity contribution < 1.29 is 4.74 Å². The standard InChI is InChI=1S/C18H36N2O/c1-4-10-19-14-18(9-5-6-16(2)13-18)15-20-11-7-17(21-3)8-12-20/h16-17,19H,4-15H2,1-3H3. The Morgan fingerprint density at radius 2 is 2.00 bits per heavy atom. The molecule has 21 heavy (non-hydrogen) atoms. The predicted octanol–water partition coefficient (Wildman–Crippen LogP) is 3.29. The van der Waals surface area contributed by atoms with Crippen molar-refractivity contribution in [3.8, 4) is 0 Å². The van der Waals surface area contributed by atoms with Gasteiger partial charge in [-0.15, -0.1) is 0 Å². The van der Waals surface area contributed by atoms with Crippen molar-refractivity contribution in [2.45, 2.75) is 64.9 Å². The lowest BCUT2D eigenvalue weighted by Crippen LogP contribution is -2.49. The van der Waals surface area contributed by atoms with E-state index in [0.29, 0.717) is 11.5 Å². The van der Waals surface area contributed by atoms with Crippen molar-refractivity contribution in [1.29, 1.82) is 0 Å². The second kappa shape index (κ2) is 8.50. The molecule has 3 heteroatoms. The lowest BCUT2D eigenvalue weighted by Gasteiger charge is -2.45. The molecule has 124 valence electrons. The Kier molecular flexibility index (Phi) is 6.97. The molecule has 1 saturated carbocycles. The first kappa shape index (κ1) is 17.2. The number of likely N-dealkylation sites (tertiary alicyclic amines) is 1. The molecule has 2 unspecified atom stereocenters. The molecule has 0 bridgehead atoms. The fraction of sp³-hybridized carbons (Fsp3) is 1.00. The molecule has 2 rings (SSSR count). The molecule has 0 radical (unpaired) electrons. The normalized spacial score (nSPS) is 32.4. The van der Waals surface area contributed by atoms with E-state index in [2.05, 4.69) is 24.1 Å². The van der Waals surface area contributed by atoms with E-state index in [9.17, 15) is 0 Å². The van der Waals surface area contributed by atoms with Crippen molar-refractivity contribution in [2.24, 2.45) is 11.3 Å². The van der Waals surface area contributed by atoms with Crippen molar-refractivity contribution in [3.05, 3.63) is 0 Å². The molecule has 0 aromatic rings. The molecular formula is C18H36N2O. The largest absolute Gasteiger partial charge is 0.381 e. The minimum Gasteiger partial charge on any atom is -0.381 e. The molecule has 0 aromatic heterocycles. The van der Waals surface area contributed by atoms with Gasteiger partial charge in [-0.25, -0.2) is 0 Å². The highest BCUT2D eigenvalue weighted by molar-refractivity contribution is 4.91. The molecule has 2 fully saturated rings. The van der Waals surface area contributed by atoms with Crippen LogP contribution >= 0.6 is 0 Å². The van der Waals surface area contributed by atoms with Crippen LogP contribution in [0.3, 0.4) is 0 Å². The number of hydrogen-bond acceptors (Lipinski definition) is 3. The van der Waals surface area contributed by atoms with Crippen LogP contribution in [-0.4, -0.2) is 50.8 Å². The van der Waals surface area contributed by atoms with E-state index >= 15 is 0 Å². The average Bonchev–Trinajstić information content (AvgIpc) is 2.48. The zero-order valence-electron chi connectivity index (χ0n) is 14.5. The summed E-state index contributed by atoms with van der Waals surface area (Å²) >= 11 is 0. The van der Waals surface area contributed by atoms with E-state index in [1.807, 2.05) is 7.11 Å². The van der Waals surface area contributed by atoms with Gasteiger partial charge in [-0.2, -0.15) is 0 Å². The van der Waals surface area contributed by atoms with Crippen LogP contribution in [0.4, 0.5) is 0 Å². The Balaban J connectivity index is 1.89. The van der Waals surface area contributed by atoms with Crippen molar-refractivity contribution >= 4 is 0 Å². The molecule has 1 heterocycles. The zero-order valence-corrected chi connectivity index (χ0v) is 14.5. The quantitative estimate of drug-likeness (QED) is 0.730. The summed E-state index contributed by atoms with van der Waals surface area (Å²) in [6.07, 6.45) is 9.84. The smallest absolute Gasteiger partial charge is 0.0595 e. The van der Waals surface area contributed by atoms with Gasteiger partial charge in [0, 0.05) is 33.3 Å². The number of hydrogen-bond donors (Lipinski definition) is 1. The Morgan fingerprint density at radius 1 is 1.24 bits per heavy atom. The van der Waals surface area contributed by atoms with Gasteiger partial charge in [0.25, 0.3) is 0 Å². The second-order valence-electron chi connectivity index (χ2n) is 7.59. The number of nitrogens with zero attached hydrogens (tertiary/aromatic N) is 1. The lowest BCUT2D eigenvalue weighted by atomic mass is 9.69. The number of methoxy groups -OCH3 is 1. The van der Waals surface area contributed by atoms with Crippen LogP contribution in [0.15, 0.2) is 0 Å². The van der Waals surface area contributed by atoms with Crippen molar-refractivity contribution in [2.75, 3.05) is 39.8 Å². The highest BCUT2D eigenvalue weighted by Crippen LogP contribution is 2.40. The highest BCUT2D eigenvalue weighted by atomic mass is 16.5. The maximum absolute atomic E-state index is 5.51. The summed E-state index contributed by atoms with van der Waals surface area (Å²) in [6, 6.07) is 0. The van der Waals surface area contributed by atoms with Crippen LogP contribution in [0.5, 0.6) is 0 Å². The van der Waals surface area contributed by atoms with Crippen LogP contribution in [-0.2, 0) is 4.74 Å². The number of rotatable bonds is 7. The zero-order chi connectivity index (χ0) is 15.1. The SMILES string of the molecule is CCCNCC1(CN2CCC(OC)CC2)CCCC(C)C1. The van der Waals surface area contributed by atoms with Crippen molar-refractivity contribution in [3.63, 3.8) is 0 Å². The maximum atomic E-state index is 5.51. The third-order valence-corrected chi connectivity index (χ3v) is 5.54. The maximum Gasteiger partial charge on any atom is 0.0595 e. The molecule has 2 atom stereocenters. The highest BCUT2D eigenvalue weighted by Gasteiger charge is 2.36. The lowest BCUT2D eigenvalue weighted by molar-refractivity contribution is 0.0139. The number of ether oxygens (including phenoxy) is 1. The van der Waals surface area contributed by atoms with Gasteiger partial charge in [0.15, 0.2) is 0 Å². The van der Waals surface area contributed by atoms with Crippen LogP contribution in [0, 0.1) is 11.3 Å². The molecule has 1 aliphatic heterocycles. The van der Waals surface area contributed by atoms with E-state index in [4.69, 9.17) is 4.74 Å². The van der Waals surface area contributed by atoms with E-state index in [1.165, 1.54) is 77.7 Å². The molecule has 3 nitrogen and oxygen atoms in total. The predicted molar refractivity (Wildman–Crippen MR) is 89.7 cm³/mol. The minimum atomic E-state index is 0.501. The fourth-order valence-electron chi connectivity index (χ4n) is 4.44. The van der Waals surface area contributed by atoms with Gasteiger partial charge >= 0.3 is 0 Å². The Hall–Kier alpha value is -0.120. The Labute approximate surface area is 131 Å². The van der Waals surface area contributed by atoms with Gasteiger partial charge in [0.05, 0.1) is 6.10 Å². The van der Waals surface area contributed by atoms with Crippen LogP contribution < -0.4 is 5.32 Å².